The van der Waals surface area contributed by atoms with E-state index in [1.165, 1.54) is 0 Å². The molecule has 1 aromatic carbocycles. The summed E-state index contributed by atoms with van der Waals surface area (Å²) in [5.74, 6) is 0. The second-order valence-corrected chi connectivity index (χ2v) is 3.56. The monoisotopic (exact) mass is 187 g/mol. The third-order valence-electron chi connectivity index (χ3n) is 2.51. The lowest BCUT2D eigenvalue weighted by atomic mass is 10.1. The lowest BCUT2D eigenvalue weighted by Gasteiger charge is -2.06. The van der Waals surface area contributed by atoms with Gasteiger partial charge in [0.1, 0.15) is 5.52 Å². The first-order valence-electron chi connectivity index (χ1n) is 4.59. The van der Waals surface area contributed by atoms with E-state index in [2.05, 4.69) is 9.97 Å². The molecule has 0 atom stereocenters. The van der Waals surface area contributed by atoms with Crippen LogP contribution >= 0.6 is 0 Å². The van der Waals surface area contributed by atoms with Crippen molar-refractivity contribution in [1.29, 1.82) is 0 Å². The summed E-state index contributed by atoms with van der Waals surface area (Å²) in [7, 11) is 0. The molecular formula is C11H13N3. The zero-order chi connectivity index (χ0) is 10.3. The van der Waals surface area contributed by atoms with Gasteiger partial charge in [0.15, 0.2) is 0 Å². The lowest BCUT2D eigenvalue weighted by Crippen LogP contribution is -1.98. The van der Waals surface area contributed by atoms with Crippen LogP contribution in [0.15, 0.2) is 12.1 Å². The van der Waals surface area contributed by atoms with Gasteiger partial charge in [0.25, 0.3) is 0 Å². The van der Waals surface area contributed by atoms with Crippen molar-refractivity contribution >= 4 is 16.7 Å². The molecule has 0 aliphatic heterocycles. The van der Waals surface area contributed by atoms with Crippen LogP contribution < -0.4 is 5.73 Å². The summed E-state index contributed by atoms with van der Waals surface area (Å²) in [4.78, 5) is 8.88. The van der Waals surface area contributed by atoms with Crippen molar-refractivity contribution in [3.8, 4) is 0 Å². The quantitative estimate of drug-likeness (QED) is 0.643. The zero-order valence-electron chi connectivity index (χ0n) is 8.63. The molecule has 0 amide bonds. The van der Waals surface area contributed by atoms with Crippen LogP contribution in [0.3, 0.4) is 0 Å². The largest absolute Gasteiger partial charge is 0.397 e. The third-order valence-corrected chi connectivity index (χ3v) is 2.51. The van der Waals surface area contributed by atoms with Crippen LogP contribution in [-0.4, -0.2) is 9.97 Å². The second kappa shape index (κ2) is 2.94. The minimum Gasteiger partial charge on any atom is -0.397 e. The van der Waals surface area contributed by atoms with Crippen LogP contribution in [0, 0.1) is 20.8 Å². The molecule has 3 heteroatoms. The minimum absolute atomic E-state index is 0.734. The predicted octanol–water partition coefficient (Wildman–Crippen LogP) is 2.14. The Kier molecular flexibility index (Phi) is 1.88. The number of aryl methyl sites for hydroxylation is 3. The molecule has 72 valence electrons. The highest BCUT2D eigenvalue weighted by Gasteiger charge is 2.05. The maximum absolute atomic E-state index is 5.93. The minimum atomic E-state index is 0.734. The summed E-state index contributed by atoms with van der Waals surface area (Å²) in [5.41, 5.74) is 11.3. The van der Waals surface area contributed by atoms with E-state index < -0.39 is 0 Å². The molecule has 2 rings (SSSR count). The number of nitrogens with two attached hydrogens (primary N) is 1. The standard InChI is InChI=1S/C11H13N3/c1-6-4-5-9-11(10(6)12)14-8(3)7(2)13-9/h4-5H,12H2,1-3H3. The molecule has 3 nitrogen and oxygen atoms in total. The van der Waals surface area contributed by atoms with E-state index in [1.54, 1.807) is 0 Å². The average molecular weight is 187 g/mol. The number of benzene rings is 1. The van der Waals surface area contributed by atoms with Gasteiger partial charge < -0.3 is 5.73 Å². The van der Waals surface area contributed by atoms with Crippen molar-refractivity contribution in [3.63, 3.8) is 0 Å². The Bertz CT molecular complexity index is 503. The molecule has 0 fully saturated rings. The molecule has 0 spiro atoms. The van der Waals surface area contributed by atoms with Crippen molar-refractivity contribution in [2.75, 3.05) is 5.73 Å². The van der Waals surface area contributed by atoms with Crippen molar-refractivity contribution in [2.24, 2.45) is 0 Å². The van der Waals surface area contributed by atoms with Crippen LogP contribution in [0.25, 0.3) is 11.0 Å². The maximum atomic E-state index is 5.93. The summed E-state index contributed by atoms with van der Waals surface area (Å²) in [6.45, 7) is 5.88. The number of hydrogen-bond acceptors (Lipinski definition) is 3. The summed E-state index contributed by atoms with van der Waals surface area (Å²) in [6, 6.07) is 3.93. The molecule has 0 aliphatic carbocycles. The van der Waals surface area contributed by atoms with Gasteiger partial charge in [-0.25, -0.2) is 9.97 Å². The van der Waals surface area contributed by atoms with Gasteiger partial charge in [0.2, 0.25) is 0 Å². The first kappa shape index (κ1) is 8.94. The topological polar surface area (TPSA) is 51.8 Å². The van der Waals surface area contributed by atoms with E-state index in [9.17, 15) is 0 Å². The van der Waals surface area contributed by atoms with Crippen molar-refractivity contribution in [2.45, 2.75) is 20.8 Å². The van der Waals surface area contributed by atoms with E-state index >= 15 is 0 Å². The van der Waals surface area contributed by atoms with Crippen LogP contribution in [0.5, 0.6) is 0 Å². The predicted molar refractivity (Wildman–Crippen MR) is 58.2 cm³/mol. The van der Waals surface area contributed by atoms with Crippen LogP contribution in [-0.2, 0) is 0 Å². The molecule has 0 saturated carbocycles. The Morgan fingerprint density at radius 3 is 2.36 bits per heavy atom. The van der Waals surface area contributed by atoms with Crippen molar-refractivity contribution < 1.29 is 0 Å². The fraction of sp³-hybridized carbons (Fsp3) is 0.273. The average Bonchev–Trinajstić information content (AvgIpc) is 2.15. The molecule has 0 bridgehead atoms. The van der Waals surface area contributed by atoms with Crippen molar-refractivity contribution in [1.82, 2.24) is 9.97 Å². The van der Waals surface area contributed by atoms with E-state index in [4.69, 9.17) is 5.73 Å². The molecule has 2 N–H and O–H groups in total. The molecule has 0 saturated heterocycles. The summed E-state index contributed by atoms with van der Waals surface area (Å²) < 4.78 is 0. The van der Waals surface area contributed by atoms with Gasteiger partial charge in [-0.05, 0) is 32.4 Å². The van der Waals surface area contributed by atoms with Crippen LogP contribution in [0.2, 0.25) is 0 Å². The number of hydrogen-bond donors (Lipinski definition) is 1. The van der Waals surface area contributed by atoms with E-state index in [-0.39, 0.29) is 0 Å². The Labute approximate surface area is 83.0 Å². The number of anilines is 1. The van der Waals surface area contributed by atoms with Gasteiger partial charge >= 0.3 is 0 Å². The van der Waals surface area contributed by atoms with Crippen molar-refractivity contribution in [3.05, 3.63) is 29.1 Å². The Hall–Kier alpha value is -1.64. The van der Waals surface area contributed by atoms with Gasteiger partial charge in [-0.1, -0.05) is 6.07 Å². The number of rotatable bonds is 0. The molecule has 0 radical (unpaired) electrons. The lowest BCUT2D eigenvalue weighted by molar-refractivity contribution is 1.10. The van der Waals surface area contributed by atoms with Crippen LogP contribution in [0.1, 0.15) is 17.0 Å². The van der Waals surface area contributed by atoms with Gasteiger partial charge in [-0.15, -0.1) is 0 Å². The van der Waals surface area contributed by atoms with Gasteiger partial charge in [-0.3, -0.25) is 0 Å². The molecular weight excluding hydrogens is 174 g/mol. The maximum Gasteiger partial charge on any atom is 0.112 e. The van der Waals surface area contributed by atoms with E-state index in [0.29, 0.717) is 0 Å². The number of nitrogens with zero attached hydrogens (tertiary/aromatic N) is 2. The zero-order valence-corrected chi connectivity index (χ0v) is 8.63. The smallest absolute Gasteiger partial charge is 0.112 e. The molecule has 14 heavy (non-hydrogen) atoms. The summed E-state index contributed by atoms with van der Waals surface area (Å²) >= 11 is 0. The summed E-state index contributed by atoms with van der Waals surface area (Å²) in [6.07, 6.45) is 0. The first-order valence-corrected chi connectivity index (χ1v) is 4.59. The summed E-state index contributed by atoms with van der Waals surface area (Å²) in [5, 5.41) is 0. The highest BCUT2D eigenvalue weighted by atomic mass is 14.8. The SMILES string of the molecule is Cc1ccc2nc(C)c(C)nc2c1N. The molecule has 2 aromatic rings. The Balaban J connectivity index is 2.89. The van der Waals surface area contributed by atoms with Gasteiger partial charge in [0.05, 0.1) is 22.6 Å². The Morgan fingerprint density at radius 1 is 1.00 bits per heavy atom. The molecule has 1 heterocycles. The second-order valence-electron chi connectivity index (χ2n) is 3.56. The molecule has 0 unspecified atom stereocenters. The third kappa shape index (κ3) is 1.21. The highest BCUT2D eigenvalue weighted by Crippen LogP contribution is 2.21. The molecule has 0 aliphatic rings. The van der Waals surface area contributed by atoms with Gasteiger partial charge in [0, 0.05) is 0 Å². The first-order chi connectivity index (χ1) is 6.59. The number of nitrogen functional groups attached to an aromatic ring is 1. The van der Waals surface area contributed by atoms with Gasteiger partial charge in [-0.2, -0.15) is 0 Å². The fourth-order valence-electron chi connectivity index (χ4n) is 1.42. The molecule has 1 aromatic heterocycles. The number of fused-ring (bicyclic) bond motifs is 1. The Morgan fingerprint density at radius 2 is 1.64 bits per heavy atom. The fourth-order valence-corrected chi connectivity index (χ4v) is 1.42. The normalized spacial score (nSPS) is 10.8. The van der Waals surface area contributed by atoms with E-state index in [0.717, 1.165) is 33.7 Å². The number of aromatic nitrogens is 2. The van der Waals surface area contributed by atoms with Crippen LogP contribution in [0.4, 0.5) is 5.69 Å². The van der Waals surface area contributed by atoms with E-state index in [1.807, 2.05) is 32.9 Å². The highest BCUT2D eigenvalue weighted by molar-refractivity contribution is 5.88.